The molecular weight excluding hydrogens is 411 g/mol. The highest BCUT2D eigenvalue weighted by Gasteiger charge is 2.28. The standard InChI is InChI=1S/C25H33FN2O2S/c1-5-23(25(30)27-14-18(2)3)28(15-20-10-12-22(26)13-11-20)24(29)17-31-16-21-9-7-6-8-19(21)4/h6-13,18,23H,5,14-17H2,1-4H3,(H,27,30)/t23-/m1/s1. The molecule has 0 fully saturated rings. The van der Waals surface area contributed by atoms with Crippen LogP contribution in [0.2, 0.25) is 0 Å². The SMILES string of the molecule is CC[C@H](C(=O)NCC(C)C)N(Cc1ccc(F)cc1)C(=O)CSCc1ccccc1C. The third-order valence-corrected chi connectivity index (χ3v) is 6.05. The zero-order chi connectivity index (χ0) is 22.8. The van der Waals surface area contributed by atoms with Crippen molar-refractivity contribution in [2.45, 2.75) is 52.5 Å². The quantitative estimate of drug-likeness (QED) is 0.534. The van der Waals surface area contributed by atoms with E-state index >= 15 is 0 Å². The second kappa shape index (κ2) is 12.5. The largest absolute Gasteiger partial charge is 0.354 e. The maximum absolute atomic E-state index is 13.3. The Morgan fingerprint density at radius 1 is 1.10 bits per heavy atom. The topological polar surface area (TPSA) is 49.4 Å². The maximum Gasteiger partial charge on any atom is 0.242 e. The van der Waals surface area contributed by atoms with E-state index in [0.717, 1.165) is 11.3 Å². The monoisotopic (exact) mass is 444 g/mol. The highest BCUT2D eigenvalue weighted by Crippen LogP contribution is 2.19. The Balaban J connectivity index is 2.12. The van der Waals surface area contributed by atoms with Gasteiger partial charge in [-0.25, -0.2) is 4.39 Å². The summed E-state index contributed by atoms with van der Waals surface area (Å²) in [6.07, 6.45) is 0.513. The smallest absolute Gasteiger partial charge is 0.242 e. The molecule has 0 aliphatic heterocycles. The first-order valence-corrected chi connectivity index (χ1v) is 11.9. The number of amides is 2. The summed E-state index contributed by atoms with van der Waals surface area (Å²) in [7, 11) is 0. The van der Waals surface area contributed by atoms with Gasteiger partial charge in [0.1, 0.15) is 11.9 Å². The number of nitrogens with zero attached hydrogens (tertiary/aromatic N) is 1. The minimum atomic E-state index is -0.560. The van der Waals surface area contributed by atoms with Crippen LogP contribution in [0.1, 0.15) is 43.9 Å². The van der Waals surface area contributed by atoms with Crippen LogP contribution in [0.25, 0.3) is 0 Å². The van der Waals surface area contributed by atoms with E-state index < -0.39 is 6.04 Å². The number of benzene rings is 2. The number of nitrogens with one attached hydrogen (secondary N) is 1. The van der Waals surface area contributed by atoms with Crippen molar-refractivity contribution in [2.75, 3.05) is 12.3 Å². The molecule has 168 valence electrons. The van der Waals surface area contributed by atoms with E-state index in [1.807, 2.05) is 32.9 Å². The molecule has 0 aromatic heterocycles. The summed E-state index contributed by atoms with van der Waals surface area (Å²) in [6.45, 7) is 8.87. The Morgan fingerprint density at radius 3 is 2.39 bits per heavy atom. The zero-order valence-corrected chi connectivity index (χ0v) is 19.7. The fraction of sp³-hybridized carbons (Fsp3) is 0.440. The predicted molar refractivity (Wildman–Crippen MR) is 126 cm³/mol. The molecule has 31 heavy (non-hydrogen) atoms. The molecule has 0 bridgehead atoms. The van der Waals surface area contributed by atoms with Gasteiger partial charge in [-0.1, -0.05) is 57.2 Å². The van der Waals surface area contributed by atoms with Gasteiger partial charge in [0, 0.05) is 18.8 Å². The Hall–Kier alpha value is -2.34. The number of rotatable bonds is 11. The van der Waals surface area contributed by atoms with E-state index in [2.05, 4.69) is 24.4 Å². The Morgan fingerprint density at radius 2 is 1.77 bits per heavy atom. The summed E-state index contributed by atoms with van der Waals surface area (Å²) in [5.74, 6) is 0.789. The first kappa shape index (κ1) is 24.9. The van der Waals surface area contributed by atoms with Crippen molar-refractivity contribution in [1.82, 2.24) is 10.2 Å². The Labute approximate surface area is 189 Å². The highest BCUT2D eigenvalue weighted by atomic mass is 32.2. The van der Waals surface area contributed by atoms with Crippen LogP contribution in [-0.4, -0.2) is 35.1 Å². The van der Waals surface area contributed by atoms with Crippen molar-refractivity contribution in [3.05, 3.63) is 71.0 Å². The molecule has 0 unspecified atom stereocenters. The average molecular weight is 445 g/mol. The molecule has 4 nitrogen and oxygen atoms in total. The van der Waals surface area contributed by atoms with E-state index in [1.54, 1.807) is 28.8 Å². The van der Waals surface area contributed by atoms with Gasteiger partial charge in [0.15, 0.2) is 0 Å². The molecule has 0 saturated heterocycles. The maximum atomic E-state index is 13.3. The molecule has 2 amide bonds. The second-order valence-corrected chi connectivity index (χ2v) is 9.12. The summed E-state index contributed by atoms with van der Waals surface area (Å²) in [6, 6.07) is 13.6. The lowest BCUT2D eigenvalue weighted by atomic mass is 10.1. The van der Waals surface area contributed by atoms with Crippen molar-refractivity contribution in [2.24, 2.45) is 5.92 Å². The van der Waals surface area contributed by atoms with Gasteiger partial charge in [-0.2, -0.15) is 0 Å². The van der Waals surface area contributed by atoms with E-state index in [4.69, 9.17) is 0 Å². The van der Waals surface area contributed by atoms with Crippen LogP contribution < -0.4 is 5.32 Å². The lowest BCUT2D eigenvalue weighted by molar-refractivity contribution is -0.139. The van der Waals surface area contributed by atoms with E-state index in [9.17, 15) is 14.0 Å². The normalized spacial score (nSPS) is 11.9. The van der Waals surface area contributed by atoms with E-state index in [0.29, 0.717) is 18.9 Å². The predicted octanol–water partition coefficient (Wildman–Crippen LogP) is 4.95. The minimum Gasteiger partial charge on any atom is -0.354 e. The van der Waals surface area contributed by atoms with E-state index in [-0.39, 0.29) is 29.9 Å². The Kier molecular flexibility index (Phi) is 10.0. The van der Waals surface area contributed by atoms with E-state index in [1.165, 1.54) is 23.3 Å². The molecule has 2 aromatic carbocycles. The van der Waals surface area contributed by atoms with Gasteiger partial charge in [0.05, 0.1) is 5.75 Å². The zero-order valence-electron chi connectivity index (χ0n) is 18.9. The molecule has 6 heteroatoms. The van der Waals surface area contributed by atoms with Crippen molar-refractivity contribution in [3.8, 4) is 0 Å². The van der Waals surface area contributed by atoms with Gasteiger partial charge in [0.25, 0.3) is 0 Å². The van der Waals surface area contributed by atoms with Gasteiger partial charge < -0.3 is 10.2 Å². The molecular formula is C25H33FN2O2S. The van der Waals surface area contributed by atoms with Crippen LogP contribution in [0, 0.1) is 18.7 Å². The number of carbonyl (C=O) groups is 2. The van der Waals surface area contributed by atoms with Crippen LogP contribution in [0.15, 0.2) is 48.5 Å². The first-order valence-electron chi connectivity index (χ1n) is 10.8. The molecule has 2 aromatic rings. The van der Waals surface area contributed by atoms with Gasteiger partial charge in [-0.15, -0.1) is 11.8 Å². The molecule has 2 rings (SSSR count). The van der Waals surface area contributed by atoms with Crippen LogP contribution in [-0.2, 0) is 21.9 Å². The van der Waals surface area contributed by atoms with Crippen LogP contribution in [0.4, 0.5) is 4.39 Å². The Bertz CT molecular complexity index is 855. The lowest BCUT2D eigenvalue weighted by Crippen LogP contribution is -2.50. The second-order valence-electron chi connectivity index (χ2n) is 8.13. The molecule has 0 aliphatic rings. The average Bonchev–Trinajstić information content (AvgIpc) is 2.74. The fourth-order valence-corrected chi connectivity index (χ4v) is 4.22. The number of carbonyl (C=O) groups excluding carboxylic acids is 2. The van der Waals surface area contributed by atoms with Crippen LogP contribution in [0.3, 0.4) is 0 Å². The summed E-state index contributed by atoms with van der Waals surface area (Å²) < 4.78 is 13.3. The van der Waals surface area contributed by atoms with Gasteiger partial charge in [0.2, 0.25) is 11.8 Å². The highest BCUT2D eigenvalue weighted by molar-refractivity contribution is 7.99. The van der Waals surface area contributed by atoms with Crippen LogP contribution >= 0.6 is 11.8 Å². The number of thioether (sulfide) groups is 1. The number of halogens is 1. The van der Waals surface area contributed by atoms with Crippen molar-refractivity contribution >= 4 is 23.6 Å². The molecule has 0 saturated carbocycles. The summed E-state index contributed by atoms with van der Waals surface area (Å²) in [5.41, 5.74) is 3.20. The first-order chi connectivity index (χ1) is 14.8. The lowest BCUT2D eigenvalue weighted by Gasteiger charge is -2.31. The third kappa shape index (κ3) is 8.02. The van der Waals surface area contributed by atoms with Gasteiger partial charge >= 0.3 is 0 Å². The summed E-state index contributed by atoms with van der Waals surface area (Å²) >= 11 is 1.54. The summed E-state index contributed by atoms with van der Waals surface area (Å²) in [5, 5.41) is 2.95. The summed E-state index contributed by atoms with van der Waals surface area (Å²) in [4.78, 5) is 27.7. The number of aryl methyl sites for hydroxylation is 1. The molecule has 0 spiro atoms. The molecule has 0 aliphatic carbocycles. The van der Waals surface area contributed by atoms with Crippen molar-refractivity contribution in [3.63, 3.8) is 0 Å². The third-order valence-electron chi connectivity index (χ3n) is 5.08. The molecule has 0 heterocycles. The van der Waals surface area contributed by atoms with Crippen molar-refractivity contribution in [1.29, 1.82) is 0 Å². The number of hydrogen-bond donors (Lipinski definition) is 1. The molecule has 1 atom stereocenters. The van der Waals surface area contributed by atoms with Gasteiger partial charge in [-0.05, 0) is 48.1 Å². The van der Waals surface area contributed by atoms with Crippen molar-refractivity contribution < 1.29 is 14.0 Å². The molecule has 0 radical (unpaired) electrons. The number of hydrogen-bond acceptors (Lipinski definition) is 3. The fourth-order valence-electron chi connectivity index (χ4n) is 3.23. The minimum absolute atomic E-state index is 0.0885. The molecule has 1 N–H and O–H groups in total. The van der Waals surface area contributed by atoms with Gasteiger partial charge in [-0.3, -0.25) is 9.59 Å². The van der Waals surface area contributed by atoms with Crippen LogP contribution in [0.5, 0.6) is 0 Å².